The highest BCUT2D eigenvalue weighted by Crippen LogP contribution is 2.30. The molecule has 0 aliphatic heterocycles. The van der Waals surface area contributed by atoms with E-state index in [1.54, 1.807) is 56.3 Å². The molecule has 1 N–H and O–H groups in total. The first kappa shape index (κ1) is 23.9. The lowest BCUT2D eigenvalue weighted by Gasteiger charge is -2.10. The van der Waals surface area contributed by atoms with Gasteiger partial charge in [-0.1, -0.05) is 18.2 Å². The predicted molar refractivity (Wildman–Crippen MR) is 122 cm³/mol. The molecule has 180 valence electrons. The van der Waals surface area contributed by atoms with Crippen LogP contribution in [0, 0.1) is 5.82 Å². The third kappa shape index (κ3) is 5.48. The number of hydrogen-bond acceptors (Lipinski definition) is 4. The first-order valence-corrected chi connectivity index (χ1v) is 10.6. The van der Waals surface area contributed by atoms with E-state index < -0.39 is 23.5 Å². The molecule has 1 amide bonds. The van der Waals surface area contributed by atoms with Crippen LogP contribution in [0.1, 0.15) is 29.8 Å². The molecular formula is C25H20F4N4O2. The highest BCUT2D eigenvalue weighted by Gasteiger charge is 2.30. The maximum Gasteiger partial charge on any atom is 0.416 e. The molecule has 1 heterocycles. The zero-order chi connectivity index (χ0) is 25.2. The van der Waals surface area contributed by atoms with Crippen molar-refractivity contribution < 1.29 is 27.1 Å². The Morgan fingerprint density at radius 1 is 1.00 bits per heavy atom. The SMILES string of the molecule is CC(C)Oc1nc(-c2ccccc2F)n(-c2cccc(NC(=O)c3ccc(C(F)(F)F)cc3)c2)n1. The first-order valence-electron chi connectivity index (χ1n) is 10.6. The molecule has 1 aromatic heterocycles. The minimum absolute atomic E-state index is 0.0532. The summed E-state index contributed by atoms with van der Waals surface area (Å²) in [7, 11) is 0. The largest absolute Gasteiger partial charge is 0.460 e. The van der Waals surface area contributed by atoms with Gasteiger partial charge in [0.05, 0.1) is 22.9 Å². The van der Waals surface area contributed by atoms with Crippen molar-refractivity contribution in [3.05, 3.63) is 89.7 Å². The van der Waals surface area contributed by atoms with Gasteiger partial charge in [0.2, 0.25) is 0 Å². The van der Waals surface area contributed by atoms with Crippen molar-refractivity contribution in [1.29, 1.82) is 0 Å². The molecule has 0 saturated carbocycles. The van der Waals surface area contributed by atoms with Crippen LogP contribution in [0.4, 0.5) is 23.2 Å². The lowest BCUT2D eigenvalue weighted by molar-refractivity contribution is -0.137. The van der Waals surface area contributed by atoms with E-state index in [1.807, 2.05) is 0 Å². The van der Waals surface area contributed by atoms with Crippen LogP contribution in [0.15, 0.2) is 72.8 Å². The second-order valence-corrected chi connectivity index (χ2v) is 7.86. The number of rotatable bonds is 6. The van der Waals surface area contributed by atoms with Crippen LogP contribution >= 0.6 is 0 Å². The highest BCUT2D eigenvalue weighted by atomic mass is 19.4. The molecule has 0 fully saturated rings. The zero-order valence-electron chi connectivity index (χ0n) is 18.7. The lowest BCUT2D eigenvalue weighted by Crippen LogP contribution is -2.13. The van der Waals surface area contributed by atoms with Gasteiger partial charge in [0.1, 0.15) is 5.82 Å². The Morgan fingerprint density at radius 3 is 2.37 bits per heavy atom. The van der Waals surface area contributed by atoms with Gasteiger partial charge in [0, 0.05) is 11.3 Å². The van der Waals surface area contributed by atoms with E-state index in [9.17, 15) is 22.4 Å². The van der Waals surface area contributed by atoms with Crippen molar-refractivity contribution in [2.75, 3.05) is 5.32 Å². The molecule has 0 saturated heterocycles. The van der Waals surface area contributed by atoms with Gasteiger partial charge < -0.3 is 10.1 Å². The van der Waals surface area contributed by atoms with Crippen molar-refractivity contribution in [3.8, 4) is 23.1 Å². The van der Waals surface area contributed by atoms with Crippen LogP contribution in [0.2, 0.25) is 0 Å². The maximum atomic E-state index is 14.5. The normalized spacial score (nSPS) is 11.5. The van der Waals surface area contributed by atoms with Crippen molar-refractivity contribution in [1.82, 2.24) is 14.8 Å². The molecule has 4 aromatic rings. The zero-order valence-corrected chi connectivity index (χ0v) is 18.7. The Balaban J connectivity index is 1.65. The average molecular weight is 484 g/mol. The molecule has 10 heteroatoms. The molecule has 0 spiro atoms. The number of benzene rings is 3. The molecule has 0 atom stereocenters. The first-order chi connectivity index (χ1) is 16.6. The van der Waals surface area contributed by atoms with E-state index in [4.69, 9.17) is 4.74 Å². The Bertz CT molecular complexity index is 1350. The summed E-state index contributed by atoms with van der Waals surface area (Å²) in [5.41, 5.74) is 0.234. The van der Waals surface area contributed by atoms with Crippen LogP contribution in [-0.2, 0) is 6.18 Å². The smallest absolute Gasteiger partial charge is 0.416 e. The third-order valence-corrected chi connectivity index (χ3v) is 4.87. The quantitative estimate of drug-likeness (QED) is 0.334. The predicted octanol–water partition coefficient (Wildman–Crippen LogP) is 6.13. The van der Waals surface area contributed by atoms with Gasteiger partial charge in [0.15, 0.2) is 5.82 Å². The molecule has 0 aliphatic rings. The number of halogens is 4. The van der Waals surface area contributed by atoms with Crippen molar-refractivity contribution in [2.24, 2.45) is 0 Å². The van der Waals surface area contributed by atoms with Gasteiger partial charge in [-0.15, -0.1) is 5.10 Å². The van der Waals surface area contributed by atoms with Crippen LogP contribution in [0.5, 0.6) is 6.01 Å². The molecule has 0 aliphatic carbocycles. The molecule has 3 aromatic carbocycles. The van der Waals surface area contributed by atoms with E-state index in [2.05, 4.69) is 15.4 Å². The number of nitrogens with one attached hydrogen (secondary N) is 1. The van der Waals surface area contributed by atoms with E-state index >= 15 is 0 Å². The van der Waals surface area contributed by atoms with E-state index in [-0.39, 0.29) is 29.1 Å². The number of anilines is 1. The van der Waals surface area contributed by atoms with Gasteiger partial charge >= 0.3 is 12.2 Å². The van der Waals surface area contributed by atoms with Crippen LogP contribution in [-0.4, -0.2) is 26.8 Å². The highest BCUT2D eigenvalue weighted by molar-refractivity contribution is 6.04. The summed E-state index contributed by atoms with van der Waals surface area (Å²) in [6, 6.07) is 16.6. The van der Waals surface area contributed by atoms with Gasteiger partial charge in [-0.3, -0.25) is 4.79 Å². The minimum atomic E-state index is -4.49. The standard InChI is InChI=1S/C25H20F4N4O2/c1-15(2)35-24-31-22(20-8-3-4-9-21(20)26)33(32-24)19-7-5-6-18(14-19)30-23(34)16-10-12-17(13-11-16)25(27,28)29/h3-15H,1-2H3,(H,30,34). The van der Waals surface area contributed by atoms with E-state index in [0.717, 1.165) is 24.3 Å². The second-order valence-electron chi connectivity index (χ2n) is 7.86. The van der Waals surface area contributed by atoms with Crippen molar-refractivity contribution in [3.63, 3.8) is 0 Å². The van der Waals surface area contributed by atoms with Crippen LogP contribution in [0.3, 0.4) is 0 Å². The van der Waals surface area contributed by atoms with E-state index in [0.29, 0.717) is 11.4 Å². The molecule has 0 bridgehead atoms. The number of amides is 1. The number of hydrogen-bond donors (Lipinski definition) is 1. The van der Waals surface area contributed by atoms with Crippen LogP contribution < -0.4 is 10.1 Å². The number of aromatic nitrogens is 3. The van der Waals surface area contributed by atoms with Crippen molar-refractivity contribution >= 4 is 11.6 Å². The number of ether oxygens (including phenoxy) is 1. The van der Waals surface area contributed by atoms with E-state index in [1.165, 1.54) is 10.7 Å². The fourth-order valence-corrected chi connectivity index (χ4v) is 3.28. The summed E-state index contributed by atoms with van der Waals surface area (Å²) in [5.74, 6) is -0.887. The number of alkyl halides is 3. The lowest BCUT2D eigenvalue weighted by atomic mass is 10.1. The van der Waals surface area contributed by atoms with Gasteiger partial charge in [0.25, 0.3) is 5.91 Å². The summed E-state index contributed by atoms with van der Waals surface area (Å²) in [4.78, 5) is 16.9. The topological polar surface area (TPSA) is 69.0 Å². The Kier molecular flexibility index (Phi) is 6.54. The second kappa shape index (κ2) is 9.57. The number of carbonyl (C=O) groups excluding carboxylic acids is 1. The molecular weight excluding hydrogens is 464 g/mol. The summed E-state index contributed by atoms with van der Waals surface area (Å²) in [5, 5.41) is 7.00. The maximum absolute atomic E-state index is 14.5. The molecule has 0 unspecified atom stereocenters. The van der Waals surface area contributed by atoms with Crippen molar-refractivity contribution in [2.45, 2.75) is 26.1 Å². The van der Waals surface area contributed by atoms with Gasteiger partial charge in [-0.2, -0.15) is 18.2 Å². The van der Waals surface area contributed by atoms with Crippen LogP contribution in [0.25, 0.3) is 17.1 Å². The fourth-order valence-electron chi connectivity index (χ4n) is 3.28. The molecule has 0 radical (unpaired) electrons. The summed E-state index contributed by atoms with van der Waals surface area (Å²) >= 11 is 0. The Hall–Kier alpha value is -4.21. The molecule has 4 rings (SSSR count). The Labute approximate surface area is 198 Å². The monoisotopic (exact) mass is 484 g/mol. The minimum Gasteiger partial charge on any atom is -0.460 e. The summed E-state index contributed by atoms with van der Waals surface area (Å²) in [6.45, 7) is 3.61. The average Bonchev–Trinajstić information content (AvgIpc) is 3.22. The Morgan fingerprint density at radius 2 is 1.71 bits per heavy atom. The fraction of sp³-hybridized carbons (Fsp3) is 0.160. The van der Waals surface area contributed by atoms with Gasteiger partial charge in [-0.25, -0.2) is 9.07 Å². The summed E-state index contributed by atoms with van der Waals surface area (Å²) < 4.78 is 59.9. The number of nitrogens with zero attached hydrogens (tertiary/aromatic N) is 3. The molecule has 6 nitrogen and oxygen atoms in total. The third-order valence-electron chi connectivity index (χ3n) is 4.87. The summed E-state index contributed by atoms with van der Waals surface area (Å²) in [6.07, 6.45) is -4.71. The molecule has 35 heavy (non-hydrogen) atoms. The number of carbonyl (C=O) groups is 1. The van der Waals surface area contributed by atoms with Gasteiger partial charge in [-0.05, 0) is 68.4 Å².